The number of aromatic hydroxyl groups is 1. The van der Waals surface area contributed by atoms with Crippen molar-refractivity contribution < 1.29 is 28.6 Å². The van der Waals surface area contributed by atoms with Crippen molar-refractivity contribution in [2.45, 2.75) is 65.3 Å². The van der Waals surface area contributed by atoms with Crippen molar-refractivity contribution >= 4 is 34.7 Å². The number of aliphatic hydroxyl groups excluding tert-OH is 1. The highest BCUT2D eigenvalue weighted by Gasteiger charge is 2.43. The average molecular weight is 790 g/mol. The van der Waals surface area contributed by atoms with E-state index in [1.807, 2.05) is 49.9 Å². The van der Waals surface area contributed by atoms with Crippen LogP contribution in [0.4, 0.5) is 20.3 Å². The summed E-state index contributed by atoms with van der Waals surface area (Å²) in [4.78, 5) is 38.7. The standard InChI is InChI=1S/C40H49F2N9O4S/c1-22(25-7-9-26(10-8-25)36-24(3)44-21-56-36)45-23(2)30-17-27(52)19-51(30)39(55)37(40(4,5)6)46-33(54)20-49-13-15-50(16-14-49)31-18-29(47-48-38(31)43)34-32(53)12-11-28(41)35(34)42/h7-12,18,21-22,27,30,37,45,52-53H,2,13-17,19-20H2,1,3-6H3,(H2,43,48)(H,46,54)/t22-,27+,30-,37+/m0/s1. The lowest BCUT2D eigenvalue weighted by atomic mass is 9.85. The quantitative estimate of drug-likeness (QED) is 0.144. The number of piperazine rings is 1. The average Bonchev–Trinajstić information content (AvgIpc) is 3.77. The van der Waals surface area contributed by atoms with Crippen LogP contribution < -0.4 is 21.3 Å². The number of nitrogen functional groups attached to an aromatic ring is 1. The molecule has 4 heterocycles. The summed E-state index contributed by atoms with van der Waals surface area (Å²) in [6.07, 6.45) is -0.424. The number of hydrogen-bond donors (Lipinski definition) is 5. The summed E-state index contributed by atoms with van der Waals surface area (Å²) in [7, 11) is 0. The van der Waals surface area contributed by atoms with Crippen LogP contribution in [0.3, 0.4) is 0 Å². The van der Waals surface area contributed by atoms with E-state index in [2.05, 4.69) is 56.7 Å². The molecule has 2 aliphatic heterocycles. The number of hydrogen-bond acceptors (Lipinski definition) is 12. The van der Waals surface area contributed by atoms with E-state index in [-0.39, 0.29) is 42.5 Å². The number of benzene rings is 2. The molecule has 56 heavy (non-hydrogen) atoms. The van der Waals surface area contributed by atoms with Gasteiger partial charge in [-0.2, -0.15) is 0 Å². The van der Waals surface area contributed by atoms with Gasteiger partial charge >= 0.3 is 0 Å². The summed E-state index contributed by atoms with van der Waals surface area (Å²) in [5, 5.41) is 35.2. The monoisotopic (exact) mass is 789 g/mol. The molecule has 4 aromatic rings. The molecule has 0 spiro atoms. The minimum atomic E-state index is -1.24. The lowest BCUT2D eigenvalue weighted by molar-refractivity contribution is -0.140. The maximum absolute atomic E-state index is 14.6. The Bertz CT molecular complexity index is 2080. The maximum Gasteiger partial charge on any atom is 0.246 e. The molecule has 2 aromatic carbocycles. The van der Waals surface area contributed by atoms with Gasteiger partial charge in [-0.15, -0.1) is 21.5 Å². The Morgan fingerprint density at radius 3 is 2.41 bits per heavy atom. The molecule has 0 unspecified atom stereocenters. The number of aryl methyl sites for hydroxylation is 1. The van der Waals surface area contributed by atoms with E-state index in [4.69, 9.17) is 5.73 Å². The van der Waals surface area contributed by atoms with Crippen LogP contribution in [-0.2, 0) is 9.59 Å². The first-order valence-electron chi connectivity index (χ1n) is 18.5. The highest BCUT2D eigenvalue weighted by molar-refractivity contribution is 7.13. The summed E-state index contributed by atoms with van der Waals surface area (Å²) < 4.78 is 28.5. The van der Waals surface area contributed by atoms with Gasteiger partial charge in [0.2, 0.25) is 11.8 Å². The van der Waals surface area contributed by atoms with Crippen LogP contribution >= 0.6 is 11.3 Å². The Hall–Kier alpha value is -5.19. The third-order valence-corrected chi connectivity index (χ3v) is 11.4. The summed E-state index contributed by atoms with van der Waals surface area (Å²) in [6.45, 7) is 15.9. The number of carbonyl (C=O) groups is 2. The zero-order valence-electron chi connectivity index (χ0n) is 32.2. The van der Waals surface area contributed by atoms with E-state index in [1.54, 1.807) is 16.2 Å². The molecule has 4 atom stereocenters. The van der Waals surface area contributed by atoms with Crippen LogP contribution in [0.25, 0.3) is 21.7 Å². The van der Waals surface area contributed by atoms with Gasteiger partial charge in [0.1, 0.15) is 17.5 Å². The molecule has 0 bridgehead atoms. The Balaban J connectivity index is 1.06. The Morgan fingerprint density at radius 1 is 1.07 bits per heavy atom. The topological polar surface area (TPSA) is 173 Å². The Labute approximate surface area is 329 Å². The van der Waals surface area contributed by atoms with Gasteiger partial charge in [-0.1, -0.05) is 51.6 Å². The zero-order chi connectivity index (χ0) is 40.5. The third kappa shape index (κ3) is 8.77. The minimum absolute atomic E-state index is 0.0323. The Morgan fingerprint density at radius 2 is 1.77 bits per heavy atom. The number of phenolic OH excluding ortho intramolecular Hbond substituents is 1. The lowest BCUT2D eigenvalue weighted by Crippen LogP contribution is -2.58. The van der Waals surface area contributed by atoms with Crippen LogP contribution in [0.15, 0.2) is 60.3 Å². The number of likely N-dealkylation sites (tertiary alicyclic amines) is 1. The van der Waals surface area contributed by atoms with Crippen LogP contribution in [0.2, 0.25) is 0 Å². The number of nitrogens with one attached hydrogen (secondary N) is 2. The number of aliphatic hydroxyl groups is 1. The van der Waals surface area contributed by atoms with Crippen molar-refractivity contribution in [2.75, 3.05) is 49.9 Å². The van der Waals surface area contributed by atoms with Crippen LogP contribution in [0.5, 0.6) is 5.75 Å². The number of rotatable bonds is 11. The van der Waals surface area contributed by atoms with Gasteiger partial charge in [-0.3, -0.25) is 14.5 Å². The third-order valence-electron chi connectivity index (χ3n) is 10.4. The number of phenols is 1. The SMILES string of the molecule is C=C(N[C@@H](C)c1ccc(-c2scnc2C)cc1)[C@@H]1C[C@@H](O)CN1C(=O)[C@@H](NC(=O)CN1CCN(c2cc(-c3c(O)ccc(F)c3F)nnc2N)CC1)C(C)(C)C. The second-order valence-corrected chi connectivity index (χ2v) is 16.4. The number of thiazole rings is 1. The number of amides is 2. The number of anilines is 2. The van der Waals surface area contributed by atoms with E-state index < -0.39 is 46.6 Å². The molecule has 2 amide bonds. The van der Waals surface area contributed by atoms with E-state index in [0.29, 0.717) is 44.0 Å². The molecular formula is C40H49F2N9O4S. The highest BCUT2D eigenvalue weighted by atomic mass is 32.1. The summed E-state index contributed by atoms with van der Waals surface area (Å²) in [5.41, 5.74) is 11.0. The Kier molecular flexibility index (Phi) is 11.9. The van der Waals surface area contributed by atoms with Crippen molar-refractivity contribution in [3.63, 3.8) is 0 Å². The predicted molar refractivity (Wildman–Crippen MR) is 213 cm³/mol. The predicted octanol–water partition coefficient (Wildman–Crippen LogP) is 4.62. The van der Waals surface area contributed by atoms with E-state index in [0.717, 1.165) is 33.8 Å². The van der Waals surface area contributed by atoms with Crippen molar-refractivity contribution in [1.82, 2.24) is 35.6 Å². The fourth-order valence-corrected chi connectivity index (χ4v) is 8.08. The normalized spacial score (nSPS) is 18.8. The van der Waals surface area contributed by atoms with Crippen molar-refractivity contribution in [3.8, 4) is 27.4 Å². The van der Waals surface area contributed by atoms with E-state index in [1.165, 1.54) is 6.07 Å². The van der Waals surface area contributed by atoms with Gasteiger partial charge < -0.3 is 36.4 Å². The van der Waals surface area contributed by atoms with Gasteiger partial charge in [0, 0.05) is 50.9 Å². The van der Waals surface area contributed by atoms with Crippen molar-refractivity contribution in [1.29, 1.82) is 0 Å². The summed E-state index contributed by atoms with van der Waals surface area (Å²) in [5.74, 6) is -3.40. The molecule has 0 saturated carbocycles. The smallest absolute Gasteiger partial charge is 0.246 e. The van der Waals surface area contributed by atoms with E-state index in [9.17, 15) is 28.6 Å². The van der Waals surface area contributed by atoms with Crippen LogP contribution in [0, 0.1) is 24.0 Å². The molecule has 2 saturated heterocycles. The van der Waals surface area contributed by atoms with Gasteiger partial charge in [0.15, 0.2) is 17.5 Å². The first-order valence-corrected chi connectivity index (χ1v) is 19.4. The first-order chi connectivity index (χ1) is 26.5. The fourth-order valence-electron chi connectivity index (χ4n) is 7.27. The van der Waals surface area contributed by atoms with E-state index >= 15 is 0 Å². The molecule has 0 aliphatic carbocycles. The summed E-state index contributed by atoms with van der Waals surface area (Å²) in [6, 6.07) is 10.1. The number of carbonyl (C=O) groups excluding carboxylic acids is 2. The van der Waals surface area contributed by atoms with Gasteiger partial charge in [-0.25, -0.2) is 13.8 Å². The first kappa shape index (κ1) is 40.5. The summed E-state index contributed by atoms with van der Waals surface area (Å²) >= 11 is 1.60. The highest BCUT2D eigenvalue weighted by Crippen LogP contribution is 2.35. The van der Waals surface area contributed by atoms with Gasteiger partial charge in [0.25, 0.3) is 0 Å². The molecule has 2 aromatic heterocycles. The minimum Gasteiger partial charge on any atom is -0.507 e. The zero-order valence-corrected chi connectivity index (χ0v) is 33.0. The molecule has 2 fully saturated rings. The number of nitrogens with zero attached hydrogens (tertiary/aromatic N) is 6. The maximum atomic E-state index is 14.6. The number of nitrogens with two attached hydrogens (primary N) is 1. The van der Waals surface area contributed by atoms with Gasteiger partial charge in [-0.05, 0) is 48.6 Å². The molecule has 13 nitrogen and oxygen atoms in total. The molecule has 16 heteroatoms. The molecule has 298 valence electrons. The van der Waals surface area contributed by atoms with Crippen molar-refractivity contribution in [2.24, 2.45) is 5.41 Å². The number of aromatic nitrogens is 3. The molecule has 6 N–H and O–H groups in total. The number of halogens is 2. The lowest BCUT2D eigenvalue weighted by Gasteiger charge is -2.38. The second-order valence-electron chi connectivity index (χ2n) is 15.6. The van der Waals surface area contributed by atoms with Crippen LogP contribution in [0.1, 0.15) is 51.4 Å². The molecular weight excluding hydrogens is 741 g/mol. The second kappa shape index (κ2) is 16.5. The molecule has 0 radical (unpaired) electrons. The van der Waals surface area contributed by atoms with Crippen LogP contribution in [-0.4, -0.2) is 104 Å². The largest absolute Gasteiger partial charge is 0.507 e. The van der Waals surface area contributed by atoms with Crippen molar-refractivity contribution in [3.05, 3.63) is 83.1 Å². The fraction of sp³-hybridized carbons (Fsp3) is 0.425. The molecule has 6 rings (SSSR count). The number of β-amino-alcohol motifs (C(OH)–C–C–N with tert-alkyl or cyclic N) is 1. The molecule has 2 aliphatic rings. The van der Waals surface area contributed by atoms with Gasteiger partial charge in [0.05, 0.1) is 46.0 Å².